The van der Waals surface area contributed by atoms with Crippen molar-refractivity contribution in [2.24, 2.45) is 0 Å². The third-order valence-electron chi connectivity index (χ3n) is 3.81. The van der Waals surface area contributed by atoms with Gasteiger partial charge in [0.2, 0.25) is 5.82 Å². The van der Waals surface area contributed by atoms with Crippen LogP contribution in [-0.4, -0.2) is 22.8 Å². The Hall–Kier alpha value is -3.45. The summed E-state index contributed by atoms with van der Waals surface area (Å²) in [6, 6.07) is 14.1. The molecule has 0 atom stereocenters. The predicted octanol–water partition coefficient (Wildman–Crippen LogP) is 4.63. The minimum Gasteiger partial charge on any atom is -0.497 e. The number of carbonyl (C=O) groups excluding carboxylic acids is 1. The molecule has 1 N–H and O–H groups in total. The molecule has 3 rings (SSSR count). The fraction of sp³-hybridized carbons (Fsp3) is 0.0526. The van der Waals surface area contributed by atoms with E-state index in [9.17, 15) is 14.9 Å². The molecule has 0 fully saturated rings. The number of ether oxygens (including phenoxy) is 1. The van der Waals surface area contributed by atoms with Gasteiger partial charge in [0.15, 0.2) is 5.78 Å². The molecule has 0 amide bonds. The average Bonchev–Trinajstić information content (AvgIpc) is 2.68. The van der Waals surface area contributed by atoms with Crippen molar-refractivity contribution in [3.8, 4) is 5.75 Å². The van der Waals surface area contributed by atoms with Crippen molar-refractivity contribution in [1.29, 1.82) is 0 Å². The molecule has 2 aromatic carbocycles. The minimum atomic E-state index is -0.545. The van der Waals surface area contributed by atoms with Crippen molar-refractivity contribution >= 4 is 34.6 Å². The fourth-order valence-corrected chi connectivity index (χ4v) is 2.60. The Labute approximate surface area is 159 Å². The lowest BCUT2D eigenvalue weighted by atomic mass is 10.0. The Balaban J connectivity index is 2.05. The number of nitro groups is 1. The third kappa shape index (κ3) is 4.04. The van der Waals surface area contributed by atoms with Gasteiger partial charge in [-0.25, -0.2) is 4.98 Å². The minimum absolute atomic E-state index is 0.0286. The largest absolute Gasteiger partial charge is 0.497 e. The van der Waals surface area contributed by atoms with E-state index >= 15 is 0 Å². The lowest BCUT2D eigenvalue weighted by molar-refractivity contribution is -0.384. The molecule has 0 saturated heterocycles. The van der Waals surface area contributed by atoms with Crippen molar-refractivity contribution in [3.63, 3.8) is 0 Å². The topological polar surface area (TPSA) is 94.4 Å². The lowest BCUT2D eigenvalue weighted by Gasteiger charge is -2.13. The van der Waals surface area contributed by atoms with Crippen LogP contribution in [0.4, 0.5) is 17.2 Å². The highest BCUT2D eigenvalue weighted by atomic mass is 35.5. The number of anilines is 2. The highest BCUT2D eigenvalue weighted by Gasteiger charge is 2.19. The van der Waals surface area contributed by atoms with Gasteiger partial charge in [-0.05, 0) is 42.5 Å². The van der Waals surface area contributed by atoms with E-state index in [1.54, 1.807) is 42.5 Å². The second kappa shape index (κ2) is 7.84. The number of pyridine rings is 1. The molecule has 136 valence electrons. The van der Waals surface area contributed by atoms with Crippen LogP contribution in [-0.2, 0) is 0 Å². The summed E-state index contributed by atoms with van der Waals surface area (Å²) in [7, 11) is 1.49. The van der Waals surface area contributed by atoms with Gasteiger partial charge < -0.3 is 10.1 Å². The monoisotopic (exact) mass is 383 g/mol. The molecule has 0 aliphatic heterocycles. The van der Waals surface area contributed by atoms with Gasteiger partial charge >= 0.3 is 5.69 Å². The molecule has 3 aromatic rings. The standard InChI is InChI=1S/C19H14ClN3O4/c1-27-14-8-9-15(18(24)12-4-6-13(20)7-5-12)16(11-14)22-19-17(23(25)26)3-2-10-21-19/h2-11H,1H3,(H,21,22). The van der Waals surface area contributed by atoms with Crippen molar-refractivity contribution in [2.75, 3.05) is 12.4 Å². The SMILES string of the molecule is COc1ccc(C(=O)c2ccc(Cl)cc2)c(Nc2ncccc2[N+](=O)[O-])c1. The molecular formula is C19H14ClN3O4. The van der Waals surface area contributed by atoms with Gasteiger partial charge in [-0.2, -0.15) is 0 Å². The van der Waals surface area contributed by atoms with Gasteiger partial charge in [-0.1, -0.05) is 11.6 Å². The molecule has 0 aliphatic carbocycles. The number of halogens is 1. The molecule has 0 spiro atoms. The van der Waals surface area contributed by atoms with Gasteiger partial charge in [0.25, 0.3) is 0 Å². The number of aromatic nitrogens is 1. The van der Waals surface area contributed by atoms with Gasteiger partial charge in [0, 0.05) is 34.5 Å². The summed E-state index contributed by atoms with van der Waals surface area (Å²) < 4.78 is 5.20. The zero-order valence-corrected chi connectivity index (χ0v) is 14.9. The number of hydrogen-bond donors (Lipinski definition) is 1. The molecule has 1 heterocycles. The van der Waals surface area contributed by atoms with Crippen LogP contribution in [0.15, 0.2) is 60.8 Å². The summed E-state index contributed by atoms with van der Waals surface area (Å²) >= 11 is 5.88. The van der Waals surface area contributed by atoms with Crippen LogP contribution >= 0.6 is 11.6 Å². The smallest absolute Gasteiger partial charge is 0.311 e. The van der Waals surface area contributed by atoms with E-state index in [4.69, 9.17) is 16.3 Å². The molecule has 1 aromatic heterocycles. The van der Waals surface area contributed by atoms with Crippen LogP contribution in [0.2, 0.25) is 5.02 Å². The Bertz CT molecular complexity index is 1010. The van der Waals surface area contributed by atoms with Crippen LogP contribution < -0.4 is 10.1 Å². The number of nitrogens with one attached hydrogen (secondary N) is 1. The summed E-state index contributed by atoms with van der Waals surface area (Å²) in [4.78, 5) is 27.6. The van der Waals surface area contributed by atoms with E-state index < -0.39 is 4.92 Å². The highest BCUT2D eigenvalue weighted by molar-refractivity contribution is 6.30. The van der Waals surface area contributed by atoms with Crippen molar-refractivity contribution < 1.29 is 14.5 Å². The molecule has 7 nitrogen and oxygen atoms in total. The lowest BCUT2D eigenvalue weighted by Crippen LogP contribution is -2.07. The number of hydrogen-bond acceptors (Lipinski definition) is 6. The molecule has 0 unspecified atom stereocenters. The summed E-state index contributed by atoms with van der Waals surface area (Å²) in [6.07, 6.45) is 1.43. The van der Waals surface area contributed by atoms with Gasteiger partial charge in [0.1, 0.15) is 5.75 Å². The molecule has 0 bridgehead atoms. The van der Waals surface area contributed by atoms with E-state index in [0.29, 0.717) is 27.6 Å². The maximum Gasteiger partial charge on any atom is 0.311 e. The second-order valence-electron chi connectivity index (χ2n) is 5.50. The quantitative estimate of drug-likeness (QED) is 0.379. The van der Waals surface area contributed by atoms with Crippen LogP contribution in [0.25, 0.3) is 0 Å². The first-order valence-electron chi connectivity index (χ1n) is 7.84. The molecule has 0 saturated carbocycles. The number of nitrogens with zero attached hydrogens (tertiary/aromatic N) is 2. The molecule has 0 radical (unpaired) electrons. The zero-order valence-electron chi connectivity index (χ0n) is 14.2. The van der Waals surface area contributed by atoms with Crippen LogP contribution in [0, 0.1) is 10.1 Å². The summed E-state index contributed by atoms with van der Waals surface area (Å²) in [6.45, 7) is 0. The number of ketones is 1. The summed E-state index contributed by atoms with van der Waals surface area (Å²) in [5.74, 6) is 0.250. The van der Waals surface area contributed by atoms with Crippen LogP contribution in [0.3, 0.4) is 0 Å². The van der Waals surface area contributed by atoms with E-state index in [1.165, 1.54) is 25.4 Å². The maximum atomic E-state index is 12.9. The van der Waals surface area contributed by atoms with E-state index in [-0.39, 0.29) is 17.3 Å². The second-order valence-corrected chi connectivity index (χ2v) is 5.94. The molecular weight excluding hydrogens is 370 g/mol. The predicted molar refractivity (Wildman–Crippen MR) is 102 cm³/mol. The van der Waals surface area contributed by atoms with Gasteiger partial charge in [-0.3, -0.25) is 14.9 Å². The van der Waals surface area contributed by atoms with Crippen molar-refractivity contribution in [3.05, 3.63) is 87.1 Å². The number of carbonyl (C=O) groups is 1. The van der Waals surface area contributed by atoms with Crippen LogP contribution in [0.1, 0.15) is 15.9 Å². The average molecular weight is 384 g/mol. The number of methoxy groups -OCH3 is 1. The fourth-order valence-electron chi connectivity index (χ4n) is 2.48. The molecule has 0 aliphatic rings. The van der Waals surface area contributed by atoms with E-state index in [2.05, 4.69) is 10.3 Å². The first-order valence-corrected chi connectivity index (χ1v) is 8.22. The number of rotatable bonds is 6. The number of benzene rings is 2. The Kier molecular flexibility index (Phi) is 5.33. The van der Waals surface area contributed by atoms with Crippen molar-refractivity contribution in [2.45, 2.75) is 0 Å². The maximum absolute atomic E-state index is 12.9. The summed E-state index contributed by atoms with van der Waals surface area (Å²) in [5.41, 5.74) is 0.891. The Morgan fingerprint density at radius 3 is 2.59 bits per heavy atom. The summed E-state index contributed by atoms with van der Waals surface area (Å²) in [5, 5.41) is 14.6. The van der Waals surface area contributed by atoms with Crippen LogP contribution in [0.5, 0.6) is 5.75 Å². The normalized spacial score (nSPS) is 10.3. The molecule has 8 heteroatoms. The van der Waals surface area contributed by atoms with E-state index in [1.807, 2.05) is 0 Å². The third-order valence-corrected chi connectivity index (χ3v) is 4.07. The van der Waals surface area contributed by atoms with E-state index in [0.717, 1.165) is 0 Å². The molecule has 27 heavy (non-hydrogen) atoms. The first-order chi connectivity index (χ1) is 13.0. The first kappa shape index (κ1) is 18.3. The van der Waals surface area contributed by atoms with Crippen molar-refractivity contribution in [1.82, 2.24) is 4.98 Å². The Morgan fingerprint density at radius 1 is 1.19 bits per heavy atom. The zero-order chi connectivity index (χ0) is 19.4. The van der Waals surface area contributed by atoms with Gasteiger partial charge in [-0.15, -0.1) is 0 Å². The highest BCUT2D eigenvalue weighted by Crippen LogP contribution is 2.30. The van der Waals surface area contributed by atoms with Gasteiger partial charge in [0.05, 0.1) is 17.7 Å². The Morgan fingerprint density at radius 2 is 1.93 bits per heavy atom.